The highest BCUT2D eigenvalue weighted by atomic mass is 16.3. The van der Waals surface area contributed by atoms with E-state index in [1.165, 1.54) is 6.08 Å². The minimum Gasteiger partial charge on any atom is -0.439 e. The van der Waals surface area contributed by atoms with Gasteiger partial charge < -0.3 is 4.42 Å². The number of aryl methyl sites for hydroxylation is 1. The van der Waals surface area contributed by atoms with Crippen molar-refractivity contribution in [2.24, 2.45) is 7.05 Å². The summed E-state index contributed by atoms with van der Waals surface area (Å²) >= 11 is 0. The number of oxazole rings is 1. The molecule has 0 aliphatic rings. The van der Waals surface area contributed by atoms with Crippen LogP contribution in [-0.2, 0) is 11.8 Å². The first-order valence-electron chi connectivity index (χ1n) is 6.63. The maximum Gasteiger partial charge on any atom is 0.220 e. The molecule has 6 nitrogen and oxygen atoms in total. The normalized spacial score (nSPS) is 12.5. The highest BCUT2D eigenvalue weighted by Crippen LogP contribution is 2.22. The third kappa shape index (κ3) is 2.65. The Morgan fingerprint density at radius 1 is 1.45 bits per heavy atom. The van der Waals surface area contributed by atoms with Crippen molar-refractivity contribution in [2.45, 2.75) is 5.92 Å². The number of para-hydroxylation sites is 2. The summed E-state index contributed by atoms with van der Waals surface area (Å²) in [6.45, 7) is 0. The molecule has 3 rings (SSSR count). The Labute approximate surface area is 126 Å². The van der Waals surface area contributed by atoms with Gasteiger partial charge in [-0.1, -0.05) is 12.1 Å². The van der Waals surface area contributed by atoms with Gasteiger partial charge in [0.05, 0.1) is 12.3 Å². The van der Waals surface area contributed by atoms with E-state index < -0.39 is 5.92 Å². The number of hydrogen-bond donors (Lipinski definition) is 0. The lowest BCUT2D eigenvalue weighted by molar-refractivity contribution is -0.115. The number of nitriles is 1. The van der Waals surface area contributed by atoms with Gasteiger partial charge in [-0.15, -0.1) is 0 Å². The minimum absolute atomic E-state index is 0.115. The molecule has 0 saturated carbocycles. The molecule has 2 aromatic heterocycles. The van der Waals surface area contributed by atoms with Crippen LogP contribution in [0.3, 0.4) is 0 Å². The number of rotatable bonds is 4. The van der Waals surface area contributed by atoms with Crippen LogP contribution in [0.2, 0.25) is 0 Å². The van der Waals surface area contributed by atoms with Gasteiger partial charge in [-0.3, -0.25) is 9.48 Å². The van der Waals surface area contributed by atoms with Gasteiger partial charge in [-0.25, -0.2) is 4.98 Å². The molecular formula is C16H12N4O2. The van der Waals surface area contributed by atoms with Gasteiger partial charge in [0.25, 0.3) is 0 Å². The highest BCUT2D eigenvalue weighted by molar-refractivity contribution is 6.00. The number of fused-ring (bicyclic) bond motifs is 1. The molecule has 1 aromatic carbocycles. The number of benzene rings is 1. The van der Waals surface area contributed by atoms with Crippen LogP contribution >= 0.6 is 0 Å². The van der Waals surface area contributed by atoms with E-state index in [-0.39, 0.29) is 11.7 Å². The Balaban J connectivity index is 1.85. The van der Waals surface area contributed by atoms with Crippen LogP contribution < -0.4 is 0 Å². The Hall–Kier alpha value is -3.20. The first kappa shape index (κ1) is 13.8. The molecule has 0 bridgehead atoms. The molecule has 0 amide bonds. The fraction of sp³-hybridized carbons (Fsp3) is 0.125. The largest absolute Gasteiger partial charge is 0.439 e. The Morgan fingerprint density at radius 3 is 2.95 bits per heavy atom. The first-order chi connectivity index (χ1) is 10.7. The van der Waals surface area contributed by atoms with Crippen LogP contribution in [0, 0.1) is 11.3 Å². The third-order valence-electron chi connectivity index (χ3n) is 3.14. The lowest BCUT2D eigenvalue weighted by atomic mass is 10.1. The number of allylic oxidation sites excluding steroid dienone is 1. The molecule has 6 heteroatoms. The third-order valence-corrected chi connectivity index (χ3v) is 3.14. The monoisotopic (exact) mass is 292 g/mol. The fourth-order valence-electron chi connectivity index (χ4n) is 2.05. The zero-order valence-corrected chi connectivity index (χ0v) is 11.8. The van der Waals surface area contributed by atoms with E-state index in [0.717, 1.165) is 5.56 Å². The van der Waals surface area contributed by atoms with E-state index in [4.69, 9.17) is 4.42 Å². The molecular weight excluding hydrogens is 280 g/mol. The topological polar surface area (TPSA) is 84.7 Å². The van der Waals surface area contributed by atoms with Crippen LogP contribution in [0.25, 0.3) is 17.2 Å². The van der Waals surface area contributed by atoms with Crippen LogP contribution in [0.4, 0.5) is 0 Å². The van der Waals surface area contributed by atoms with Crippen molar-refractivity contribution in [2.75, 3.05) is 0 Å². The Morgan fingerprint density at radius 2 is 2.27 bits per heavy atom. The van der Waals surface area contributed by atoms with Crippen molar-refractivity contribution in [3.63, 3.8) is 0 Å². The summed E-state index contributed by atoms with van der Waals surface area (Å²) in [7, 11) is 1.79. The molecule has 3 aromatic rings. The first-order valence-corrected chi connectivity index (χ1v) is 6.63. The van der Waals surface area contributed by atoms with Crippen LogP contribution in [0.15, 0.2) is 47.2 Å². The summed E-state index contributed by atoms with van der Waals surface area (Å²) < 4.78 is 7.13. The fourth-order valence-corrected chi connectivity index (χ4v) is 2.05. The number of carbonyl (C=O) groups excluding carboxylic acids is 1. The highest BCUT2D eigenvalue weighted by Gasteiger charge is 2.23. The van der Waals surface area contributed by atoms with Gasteiger partial charge in [-0.05, 0) is 24.3 Å². The number of hydrogen-bond acceptors (Lipinski definition) is 5. The summed E-state index contributed by atoms with van der Waals surface area (Å²) in [5.41, 5.74) is 1.97. The van der Waals surface area contributed by atoms with E-state index >= 15 is 0 Å². The van der Waals surface area contributed by atoms with Crippen LogP contribution in [-0.4, -0.2) is 20.5 Å². The van der Waals surface area contributed by atoms with Gasteiger partial charge in [0, 0.05) is 18.8 Å². The maximum absolute atomic E-state index is 12.2. The van der Waals surface area contributed by atoms with Gasteiger partial charge >= 0.3 is 0 Å². The molecule has 2 heterocycles. The van der Waals surface area contributed by atoms with Gasteiger partial charge in [0.15, 0.2) is 17.3 Å². The van der Waals surface area contributed by atoms with Crippen LogP contribution in [0.5, 0.6) is 0 Å². The SMILES string of the molecule is Cn1cc(C=CC(=O)C(C#N)c2nc3ccccc3o2)cn1. The van der Waals surface area contributed by atoms with Crippen molar-refractivity contribution in [1.82, 2.24) is 14.8 Å². The second-order valence-electron chi connectivity index (χ2n) is 4.76. The van der Waals surface area contributed by atoms with Gasteiger partial charge in [0.2, 0.25) is 5.89 Å². The summed E-state index contributed by atoms with van der Waals surface area (Å²) in [6, 6.07) is 9.09. The second-order valence-corrected chi connectivity index (χ2v) is 4.76. The van der Waals surface area contributed by atoms with E-state index in [2.05, 4.69) is 10.1 Å². The average Bonchev–Trinajstić information content (AvgIpc) is 3.11. The predicted molar refractivity (Wildman–Crippen MR) is 79.6 cm³/mol. The molecule has 0 radical (unpaired) electrons. The molecule has 0 fully saturated rings. The van der Waals surface area contributed by atoms with Crippen molar-refractivity contribution in [1.29, 1.82) is 5.26 Å². The average molecular weight is 292 g/mol. The molecule has 0 spiro atoms. The number of aromatic nitrogens is 3. The van der Waals surface area contributed by atoms with E-state index in [1.54, 1.807) is 42.3 Å². The smallest absolute Gasteiger partial charge is 0.220 e. The number of nitrogens with zero attached hydrogens (tertiary/aromatic N) is 4. The quantitative estimate of drug-likeness (QED) is 0.689. The summed E-state index contributed by atoms with van der Waals surface area (Å²) in [5.74, 6) is -1.32. The maximum atomic E-state index is 12.2. The predicted octanol–water partition coefficient (Wildman–Crippen LogP) is 2.45. The van der Waals surface area contributed by atoms with Crippen molar-refractivity contribution in [3.05, 3.63) is 54.2 Å². The molecule has 0 aliphatic carbocycles. The van der Waals surface area contributed by atoms with E-state index in [1.807, 2.05) is 18.2 Å². The van der Waals surface area contributed by atoms with Gasteiger partial charge in [0.1, 0.15) is 5.52 Å². The summed E-state index contributed by atoms with van der Waals surface area (Å²) in [6.07, 6.45) is 6.36. The zero-order chi connectivity index (χ0) is 15.5. The minimum atomic E-state index is -1.06. The van der Waals surface area contributed by atoms with E-state index in [0.29, 0.717) is 11.1 Å². The zero-order valence-electron chi connectivity index (χ0n) is 11.8. The van der Waals surface area contributed by atoms with Crippen LogP contribution in [0.1, 0.15) is 17.4 Å². The molecule has 1 atom stereocenters. The van der Waals surface area contributed by atoms with Crippen molar-refractivity contribution < 1.29 is 9.21 Å². The van der Waals surface area contributed by atoms with E-state index in [9.17, 15) is 10.1 Å². The Kier molecular flexibility index (Phi) is 3.54. The second kappa shape index (κ2) is 5.66. The lowest BCUT2D eigenvalue weighted by Gasteiger charge is -1.98. The number of ketones is 1. The Bertz CT molecular complexity index is 865. The summed E-state index contributed by atoms with van der Waals surface area (Å²) in [4.78, 5) is 16.4. The molecule has 22 heavy (non-hydrogen) atoms. The molecule has 0 N–H and O–H groups in total. The summed E-state index contributed by atoms with van der Waals surface area (Å²) in [5, 5.41) is 13.3. The van der Waals surface area contributed by atoms with Crippen molar-refractivity contribution in [3.8, 4) is 6.07 Å². The molecule has 0 saturated heterocycles. The van der Waals surface area contributed by atoms with Gasteiger partial charge in [-0.2, -0.15) is 10.4 Å². The molecule has 0 aliphatic heterocycles. The molecule has 1 unspecified atom stereocenters. The molecule has 108 valence electrons. The standard InChI is InChI=1S/C16H12N4O2/c1-20-10-11(9-18-20)6-7-14(21)12(8-17)16-19-13-4-2-3-5-15(13)22-16/h2-7,9-10,12H,1H3. The lowest BCUT2D eigenvalue weighted by Crippen LogP contribution is -2.08. The van der Waals surface area contributed by atoms with Crippen molar-refractivity contribution >= 4 is 23.0 Å². The number of carbonyl (C=O) groups is 1.